The van der Waals surface area contributed by atoms with E-state index < -0.39 is 0 Å². The molecule has 0 bridgehead atoms. The summed E-state index contributed by atoms with van der Waals surface area (Å²) in [5.74, 6) is 1.97. The Labute approximate surface area is 154 Å². The molecule has 120 valence electrons. The van der Waals surface area contributed by atoms with Crippen molar-refractivity contribution in [2.24, 2.45) is 4.99 Å². The van der Waals surface area contributed by atoms with E-state index in [4.69, 9.17) is 4.99 Å². The number of fused-ring (bicyclic) bond motifs is 1. The fourth-order valence-corrected chi connectivity index (χ4v) is 2.51. The fraction of sp³-hybridized carbons (Fsp3) is 0.353. The molecule has 0 amide bonds. The smallest absolute Gasteiger partial charge is 0.191 e. The molecule has 0 fully saturated rings. The molecule has 0 aliphatic carbocycles. The predicted molar refractivity (Wildman–Crippen MR) is 111 cm³/mol. The van der Waals surface area contributed by atoms with Crippen LogP contribution in [0.3, 0.4) is 0 Å². The van der Waals surface area contributed by atoms with Crippen LogP contribution in [0.1, 0.15) is 12.5 Å². The van der Waals surface area contributed by atoms with Crippen LogP contribution < -0.4 is 10.6 Å². The van der Waals surface area contributed by atoms with Gasteiger partial charge in [0.1, 0.15) is 0 Å². The summed E-state index contributed by atoms with van der Waals surface area (Å²) in [7, 11) is 0. The summed E-state index contributed by atoms with van der Waals surface area (Å²) in [5.41, 5.74) is 1.26. The van der Waals surface area contributed by atoms with Gasteiger partial charge in [0.15, 0.2) is 5.96 Å². The monoisotopic (exact) mass is 429 g/mol. The van der Waals surface area contributed by atoms with E-state index >= 15 is 0 Å². The van der Waals surface area contributed by atoms with Crippen molar-refractivity contribution in [2.75, 3.05) is 25.1 Å². The van der Waals surface area contributed by atoms with Crippen LogP contribution in [0.25, 0.3) is 10.8 Å². The van der Waals surface area contributed by atoms with E-state index in [1.807, 2.05) is 11.8 Å². The highest BCUT2D eigenvalue weighted by Crippen LogP contribution is 2.18. The molecule has 0 heterocycles. The highest BCUT2D eigenvalue weighted by molar-refractivity contribution is 14.0. The summed E-state index contributed by atoms with van der Waals surface area (Å²) in [6, 6.07) is 14.8. The van der Waals surface area contributed by atoms with E-state index in [2.05, 4.69) is 66.3 Å². The van der Waals surface area contributed by atoms with E-state index in [0.717, 1.165) is 24.8 Å². The average molecular weight is 429 g/mol. The van der Waals surface area contributed by atoms with Crippen LogP contribution in [-0.4, -0.2) is 31.1 Å². The zero-order valence-electron chi connectivity index (χ0n) is 13.1. The van der Waals surface area contributed by atoms with Gasteiger partial charge < -0.3 is 10.6 Å². The lowest BCUT2D eigenvalue weighted by molar-refractivity contribution is 0.844. The van der Waals surface area contributed by atoms with Crippen molar-refractivity contribution in [2.45, 2.75) is 13.5 Å². The number of nitrogens with one attached hydrogen (secondary N) is 2. The molecule has 0 aliphatic rings. The Kier molecular flexibility index (Phi) is 9.31. The lowest BCUT2D eigenvalue weighted by Crippen LogP contribution is -2.38. The molecule has 0 radical (unpaired) electrons. The van der Waals surface area contributed by atoms with Crippen molar-refractivity contribution in [1.82, 2.24) is 10.6 Å². The van der Waals surface area contributed by atoms with E-state index in [-0.39, 0.29) is 24.0 Å². The topological polar surface area (TPSA) is 36.4 Å². The molecule has 0 saturated heterocycles. The quantitative estimate of drug-likeness (QED) is 0.317. The summed E-state index contributed by atoms with van der Waals surface area (Å²) in [6.07, 6.45) is 2.11. The summed E-state index contributed by atoms with van der Waals surface area (Å²) < 4.78 is 0. The van der Waals surface area contributed by atoms with Crippen LogP contribution in [0.5, 0.6) is 0 Å². The fourth-order valence-electron chi connectivity index (χ4n) is 2.21. The van der Waals surface area contributed by atoms with Gasteiger partial charge in [-0.05, 0) is 29.5 Å². The molecule has 5 heteroatoms. The molecule has 2 aromatic carbocycles. The van der Waals surface area contributed by atoms with Gasteiger partial charge in [-0.3, -0.25) is 0 Å². The minimum absolute atomic E-state index is 0. The summed E-state index contributed by atoms with van der Waals surface area (Å²) in [6.45, 7) is 4.59. The lowest BCUT2D eigenvalue weighted by atomic mass is 10.1. The Hall–Kier alpha value is -0.950. The summed E-state index contributed by atoms with van der Waals surface area (Å²) in [4.78, 5) is 4.69. The number of hydrogen-bond donors (Lipinski definition) is 2. The number of aliphatic imine (C=N–C) groups is 1. The Morgan fingerprint density at radius 3 is 2.64 bits per heavy atom. The first kappa shape index (κ1) is 19.1. The maximum absolute atomic E-state index is 4.69. The van der Waals surface area contributed by atoms with Gasteiger partial charge in [-0.2, -0.15) is 11.8 Å². The van der Waals surface area contributed by atoms with Crippen LogP contribution in [0.15, 0.2) is 47.5 Å². The van der Waals surface area contributed by atoms with Crippen LogP contribution >= 0.6 is 35.7 Å². The van der Waals surface area contributed by atoms with Crippen molar-refractivity contribution in [3.05, 3.63) is 48.0 Å². The number of benzene rings is 2. The third kappa shape index (κ3) is 5.68. The molecule has 0 saturated carbocycles. The second-order valence-corrected chi connectivity index (χ2v) is 5.74. The van der Waals surface area contributed by atoms with Crippen LogP contribution in [0.4, 0.5) is 0 Å². The number of halogens is 1. The summed E-state index contributed by atoms with van der Waals surface area (Å²) in [5, 5.41) is 9.20. The number of thioether (sulfide) groups is 1. The van der Waals surface area contributed by atoms with E-state index in [9.17, 15) is 0 Å². The lowest BCUT2D eigenvalue weighted by Gasteiger charge is -2.11. The van der Waals surface area contributed by atoms with Gasteiger partial charge in [0, 0.05) is 18.8 Å². The van der Waals surface area contributed by atoms with Crippen molar-refractivity contribution in [3.63, 3.8) is 0 Å². The van der Waals surface area contributed by atoms with E-state index in [0.29, 0.717) is 6.54 Å². The van der Waals surface area contributed by atoms with Crippen LogP contribution in [-0.2, 0) is 6.54 Å². The Morgan fingerprint density at radius 2 is 1.86 bits per heavy atom. The first-order valence-electron chi connectivity index (χ1n) is 7.33. The molecular weight excluding hydrogens is 405 g/mol. The second-order valence-electron chi connectivity index (χ2n) is 4.75. The Balaban J connectivity index is 0.00000242. The van der Waals surface area contributed by atoms with Gasteiger partial charge in [-0.15, -0.1) is 24.0 Å². The van der Waals surface area contributed by atoms with Crippen LogP contribution in [0, 0.1) is 0 Å². The maximum Gasteiger partial charge on any atom is 0.191 e. The van der Waals surface area contributed by atoms with E-state index in [1.165, 1.54) is 16.3 Å². The number of hydrogen-bond acceptors (Lipinski definition) is 2. The molecule has 0 aliphatic heterocycles. The molecule has 22 heavy (non-hydrogen) atoms. The molecule has 0 atom stereocenters. The van der Waals surface area contributed by atoms with Gasteiger partial charge in [-0.1, -0.05) is 42.5 Å². The maximum atomic E-state index is 4.69. The van der Waals surface area contributed by atoms with Crippen molar-refractivity contribution < 1.29 is 0 Å². The van der Waals surface area contributed by atoms with Gasteiger partial charge in [0.05, 0.1) is 6.54 Å². The molecule has 0 aromatic heterocycles. The molecule has 2 aromatic rings. The Morgan fingerprint density at radius 1 is 1.09 bits per heavy atom. The minimum atomic E-state index is 0. The summed E-state index contributed by atoms with van der Waals surface area (Å²) >= 11 is 1.83. The van der Waals surface area contributed by atoms with E-state index in [1.54, 1.807) is 0 Å². The number of rotatable bonds is 6. The van der Waals surface area contributed by atoms with Gasteiger partial charge in [0.2, 0.25) is 0 Å². The van der Waals surface area contributed by atoms with Gasteiger partial charge in [-0.25, -0.2) is 4.99 Å². The van der Waals surface area contributed by atoms with Crippen molar-refractivity contribution >= 4 is 52.5 Å². The number of nitrogens with zero attached hydrogens (tertiary/aromatic N) is 1. The van der Waals surface area contributed by atoms with Gasteiger partial charge >= 0.3 is 0 Å². The third-order valence-corrected chi connectivity index (χ3v) is 3.84. The molecule has 2 rings (SSSR count). The first-order valence-corrected chi connectivity index (χ1v) is 8.72. The largest absolute Gasteiger partial charge is 0.357 e. The average Bonchev–Trinajstić information content (AvgIpc) is 2.53. The van der Waals surface area contributed by atoms with Crippen molar-refractivity contribution in [3.8, 4) is 0 Å². The number of guanidine groups is 1. The Bertz CT molecular complexity index is 596. The minimum Gasteiger partial charge on any atom is -0.357 e. The normalized spacial score (nSPS) is 11.1. The molecule has 2 N–H and O–H groups in total. The third-order valence-electron chi connectivity index (χ3n) is 3.23. The predicted octanol–water partition coefficient (Wildman–Crippen LogP) is 3.88. The SMILES string of the molecule is CCNC(=NCc1cccc2ccccc12)NCCSC.I. The van der Waals surface area contributed by atoms with Gasteiger partial charge in [0.25, 0.3) is 0 Å². The molecule has 0 unspecified atom stereocenters. The second kappa shape index (κ2) is 10.7. The highest BCUT2D eigenvalue weighted by atomic mass is 127. The molecule has 0 spiro atoms. The highest BCUT2D eigenvalue weighted by Gasteiger charge is 2.01. The zero-order valence-corrected chi connectivity index (χ0v) is 16.3. The van der Waals surface area contributed by atoms with Crippen molar-refractivity contribution in [1.29, 1.82) is 0 Å². The first-order chi connectivity index (χ1) is 10.3. The standard InChI is InChI=1S/C17H23N3S.HI/c1-3-18-17(19-11-12-21-2)20-13-15-9-6-8-14-7-4-5-10-16(14)15;/h4-10H,3,11-13H2,1-2H3,(H2,18,19,20);1H. The molecule has 3 nitrogen and oxygen atoms in total. The van der Waals surface area contributed by atoms with Crippen LogP contribution in [0.2, 0.25) is 0 Å². The zero-order chi connectivity index (χ0) is 14.9. The molecular formula is C17H24IN3S.